The van der Waals surface area contributed by atoms with Gasteiger partial charge >= 0.3 is 0 Å². The lowest BCUT2D eigenvalue weighted by Crippen LogP contribution is -2.23. The van der Waals surface area contributed by atoms with Crippen LogP contribution in [0, 0.1) is 5.41 Å². The molecule has 0 spiro atoms. The summed E-state index contributed by atoms with van der Waals surface area (Å²) in [6.45, 7) is 14.7. The molecule has 0 rings (SSSR count). The summed E-state index contributed by atoms with van der Waals surface area (Å²) in [5.41, 5.74) is 1.22. The van der Waals surface area contributed by atoms with Crippen molar-refractivity contribution in [1.29, 1.82) is 0 Å². The van der Waals surface area contributed by atoms with Gasteiger partial charge in [-0.3, -0.25) is 0 Å². The fraction of sp³-hybridized carbons (Fsp3) is 0.556. The highest BCUT2D eigenvalue weighted by atomic mass is 14.9. The lowest BCUT2D eigenvalue weighted by atomic mass is 9.93. The Morgan fingerprint density at radius 2 is 2.00 bits per heavy atom. The van der Waals surface area contributed by atoms with Crippen LogP contribution in [0.15, 0.2) is 24.9 Å². The Kier molecular flexibility index (Phi) is 3.20. The normalized spacial score (nSPS) is 10.7. The largest absolute Gasteiger partial charge is 0.385 e. The molecule has 0 aliphatic carbocycles. The predicted octanol–water partition coefficient (Wildman–Crippen LogP) is 2.32. The van der Waals surface area contributed by atoms with E-state index in [4.69, 9.17) is 0 Å². The summed E-state index contributed by atoms with van der Waals surface area (Å²) in [7, 11) is 0. The molecule has 0 aliphatic rings. The average molecular weight is 139 g/mol. The maximum Gasteiger partial charge on any atom is 0.0325 e. The van der Waals surface area contributed by atoms with Gasteiger partial charge in [0.05, 0.1) is 0 Å². The number of rotatable bonds is 3. The molecule has 0 aromatic heterocycles. The molecule has 0 aliphatic heterocycles. The van der Waals surface area contributed by atoms with Gasteiger partial charge in [-0.25, -0.2) is 0 Å². The zero-order valence-corrected chi connectivity index (χ0v) is 7.20. The summed E-state index contributed by atoms with van der Waals surface area (Å²) in [4.78, 5) is 0. The number of nitrogens with one attached hydrogen (secondary N) is 1. The van der Waals surface area contributed by atoms with E-state index in [1.54, 1.807) is 0 Å². The standard InChI is InChI=1S/C9H17N/c1-6-7-10-8(2)9(3,4)5/h6,10H,1-2,7H2,3-5H3. The van der Waals surface area contributed by atoms with E-state index in [1.165, 1.54) is 0 Å². The Bertz CT molecular complexity index is 128. The molecule has 0 unspecified atom stereocenters. The van der Waals surface area contributed by atoms with Crippen LogP contribution < -0.4 is 5.32 Å². The molecular weight excluding hydrogens is 122 g/mol. The van der Waals surface area contributed by atoms with E-state index in [-0.39, 0.29) is 5.41 Å². The van der Waals surface area contributed by atoms with Crippen molar-refractivity contribution in [2.75, 3.05) is 6.54 Å². The molecule has 0 fully saturated rings. The van der Waals surface area contributed by atoms with E-state index < -0.39 is 0 Å². The highest BCUT2D eigenvalue weighted by Gasteiger charge is 2.12. The lowest BCUT2D eigenvalue weighted by molar-refractivity contribution is 0.470. The Hall–Kier alpha value is -0.720. The first-order valence-electron chi connectivity index (χ1n) is 3.52. The van der Waals surface area contributed by atoms with Gasteiger partial charge in [-0.05, 0) is 0 Å². The molecule has 0 bridgehead atoms. The molecule has 1 heteroatoms. The highest BCUT2D eigenvalue weighted by Crippen LogP contribution is 2.20. The van der Waals surface area contributed by atoms with Gasteiger partial charge in [0.15, 0.2) is 0 Å². The van der Waals surface area contributed by atoms with E-state index in [1.807, 2.05) is 6.08 Å². The monoisotopic (exact) mass is 139 g/mol. The van der Waals surface area contributed by atoms with Crippen LogP contribution in [-0.2, 0) is 0 Å². The van der Waals surface area contributed by atoms with Gasteiger partial charge in [-0.1, -0.05) is 33.4 Å². The third-order valence-electron chi connectivity index (χ3n) is 1.37. The topological polar surface area (TPSA) is 12.0 Å². The molecule has 0 aromatic rings. The fourth-order valence-corrected chi connectivity index (χ4v) is 0.461. The van der Waals surface area contributed by atoms with Gasteiger partial charge in [-0.2, -0.15) is 0 Å². The zero-order chi connectivity index (χ0) is 8.20. The van der Waals surface area contributed by atoms with Crippen LogP contribution in [-0.4, -0.2) is 6.54 Å². The fourth-order valence-electron chi connectivity index (χ4n) is 0.461. The summed E-state index contributed by atoms with van der Waals surface area (Å²) in [5, 5.41) is 3.16. The predicted molar refractivity (Wildman–Crippen MR) is 46.8 cm³/mol. The van der Waals surface area contributed by atoms with E-state index >= 15 is 0 Å². The van der Waals surface area contributed by atoms with Gasteiger partial charge in [0.1, 0.15) is 0 Å². The van der Waals surface area contributed by atoms with Crippen molar-refractivity contribution in [3.05, 3.63) is 24.9 Å². The molecular formula is C9H17N. The Morgan fingerprint density at radius 1 is 1.50 bits per heavy atom. The van der Waals surface area contributed by atoms with Crippen LogP contribution in [0.4, 0.5) is 0 Å². The average Bonchev–Trinajstić information content (AvgIpc) is 1.80. The molecule has 58 valence electrons. The Labute approximate surface area is 63.8 Å². The molecule has 0 amide bonds. The molecule has 10 heavy (non-hydrogen) atoms. The Morgan fingerprint density at radius 3 is 2.30 bits per heavy atom. The maximum absolute atomic E-state index is 3.90. The minimum atomic E-state index is 0.156. The molecule has 0 atom stereocenters. The highest BCUT2D eigenvalue weighted by molar-refractivity contribution is 5.03. The van der Waals surface area contributed by atoms with Crippen molar-refractivity contribution >= 4 is 0 Å². The number of hydrogen-bond donors (Lipinski definition) is 1. The zero-order valence-electron chi connectivity index (χ0n) is 7.20. The van der Waals surface area contributed by atoms with Crippen LogP contribution in [0.3, 0.4) is 0 Å². The van der Waals surface area contributed by atoms with Crippen molar-refractivity contribution in [2.24, 2.45) is 5.41 Å². The lowest BCUT2D eigenvalue weighted by Gasteiger charge is -2.22. The van der Waals surface area contributed by atoms with Crippen molar-refractivity contribution in [2.45, 2.75) is 20.8 Å². The van der Waals surface area contributed by atoms with Crippen LogP contribution in [0.2, 0.25) is 0 Å². The molecule has 1 nitrogen and oxygen atoms in total. The van der Waals surface area contributed by atoms with Gasteiger partial charge in [-0.15, -0.1) is 6.58 Å². The van der Waals surface area contributed by atoms with Crippen LogP contribution in [0.5, 0.6) is 0 Å². The van der Waals surface area contributed by atoms with Crippen LogP contribution in [0.1, 0.15) is 20.8 Å². The van der Waals surface area contributed by atoms with Crippen molar-refractivity contribution in [3.63, 3.8) is 0 Å². The van der Waals surface area contributed by atoms with E-state index in [9.17, 15) is 0 Å². The third kappa shape index (κ3) is 3.33. The Balaban J connectivity index is 3.74. The first-order chi connectivity index (χ1) is 4.48. The summed E-state index contributed by atoms with van der Waals surface area (Å²) in [5.74, 6) is 0. The van der Waals surface area contributed by atoms with Crippen molar-refractivity contribution in [3.8, 4) is 0 Å². The maximum atomic E-state index is 3.90. The first kappa shape index (κ1) is 9.28. The number of hydrogen-bond acceptors (Lipinski definition) is 1. The molecule has 1 N–H and O–H groups in total. The quantitative estimate of drug-likeness (QED) is 0.592. The summed E-state index contributed by atoms with van der Waals surface area (Å²) >= 11 is 0. The van der Waals surface area contributed by atoms with Crippen molar-refractivity contribution < 1.29 is 0 Å². The second kappa shape index (κ2) is 3.45. The van der Waals surface area contributed by atoms with Crippen molar-refractivity contribution in [1.82, 2.24) is 5.32 Å². The molecule has 0 aromatic carbocycles. The minimum absolute atomic E-state index is 0.156. The molecule has 0 radical (unpaired) electrons. The number of allylic oxidation sites excluding steroid dienone is 1. The third-order valence-corrected chi connectivity index (χ3v) is 1.37. The summed E-state index contributed by atoms with van der Waals surface area (Å²) in [6, 6.07) is 0. The second-order valence-electron chi connectivity index (χ2n) is 3.40. The van der Waals surface area contributed by atoms with E-state index in [2.05, 4.69) is 39.2 Å². The van der Waals surface area contributed by atoms with E-state index in [0.717, 1.165) is 12.2 Å². The molecule has 0 saturated heterocycles. The first-order valence-corrected chi connectivity index (χ1v) is 3.52. The SMILES string of the molecule is C=CCNC(=C)C(C)(C)C. The van der Waals surface area contributed by atoms with Gasteiger partial charge < -0.3 is 5.32 Å². The van der Waals surface area contributed by atoms with Crippen LogP contribution in [0.25, 0.3) is 0 Å². The van der Waals surface area contributed by atoms with Gasteiger partial charge in [0, 0.05) is 17.7 Å². The summed E-state index contributed by atoms with van der Waals surface area (Å²) < 4.78 is 0. The van der Waals surface area contributed by atoms with Crippen LogP contribution >= 0.6 is 0 Å². The molecule has 0 saturated carbocycles. The molecule has 0 heterocycles. The summed E-state index contributed by atoms with van der Waals surface area (Å²) in [6.07, 6.45) is 1.83. The minimum Gasteiger partial charge on any atom is -0.385 e. The van der Waals surface area contributed by atoms with Gasteiger partial charge in [0.25, 0.3) is 0 Å². The smallest absolute Gasteiger partial charge is 0.0325 e. The second-order valence-corrected chi connectivity index (χ2v) is 3.40. The van der Waals surface area contributed by atoms with E-state index in [0.29, 0.717) is 0 Å². The van der Waals surface area contributed by atoms with Gasteiger partial charge in [0.2, 0.25) is 0 Å².